The fraction of sp³-hybridized carbons (Fsp3) is 0.294. The molecule has 0 radical (unpaired) electrons. The van der Waals surface area contributed by atoms with Crippen LogP contribution in [0.25, 0.3) is 0 Å². The Kier molecular flexibility index (Phi) is 3.30. The minimum Gasteiger partial charge on any atom is -0.294 e. The lowest BCUT2D eigenvalue weighted by molar-refractivity contribution is 0.100. The number of benzene rings is 1. The van der Waals surface area contributed by atoms with E-state index in [1.54, 1.807) is 11.3 Å². The van der Waals surface area contributed by atoms with E-state index in [0.717, 1.165) is 23.3 Å². The Morgan fingerprint density at radius 3 is 2.85 bits per heavy atom. The van der Waals surface area contributed by atoms with Crippen LogP contribution in [0.3, 0.4) is 0 Å². The zero-order valence-corrected chi connectivity index (χ0v) is 12.5. The number of rotatable bonds is 3. The van der Waals surface area contributed by atoms with Gasteiger partial charge in [0.2, 0.25) is 0 Å². The Morgan fingerprint density at radius 2 is 2.10 bits per heavy atom. The second-order valence-electron chi connectivity index (χ2n) is 5.82. The van der Waals surface area contributed by atoms with Crippen LogP contribution in [0.2, 0.25) is 0 Å². The smallest absolute Gasteiger partial charge is 0.169 e. The van der Waals surface area contributed by atoms with Gasteiger partial charge in [-0.05, 0) is 42.8 Å². The quantitative estimate of drug-likeness (QED) is 0.778. The maximum Gasteiger partial charge on any atom is 0.169 e. The summed E-state index contributed by atoms with van der Waals surface area (Å²) in [6, 6.07) is 10.2. The molecule has 0 bridgehead atoms. The van der Waals surface area contributed by atoms with Gasteiger partial charge < -0.3 is 0 Å². The number of carbonyl (C=O) groups is 1. The summed E-state index contributed by atoms with van der Waals surface area (Å²) in [4.78, 5) is 17.1. The molecule has 1 aliphatic rings. The fourth-order valence-electron chi connectivity index (χ4n) is 2.70. The van der Waals surface area contributed by atoms with E-state index < -0.39 is 0 Å². The Morgan fingerprint density at radius 1 is 1.30 bits per heavy atom. The topological polar surface area (TPSA) is 29.4 Å². The highest BCUT2D eigenvalue weighted by Gasteiger charge is 2.27. The van der Waals surface area contributed by atoms with Crippen molar-refractivity contribution in [2.24, 2.45) is 4.99 Å². The molecule has 2 aromatic rings. The number of ketones is 1. The average Bonchev–Trinajstić information content (AvgIpc) is 2.91. The van der Waals surface area contributed by atoms with Crippen LogP contribution in [0.1, 0.15) is 41.8 Å². The van der Waals surface area contributed by atoms with E-state index in [0.29, 0.717) is 6.42 Å². The van der Waals surface area contributed by atoms with Crippen molar-refractivity contribution in [2.75, 3.05) is 0 Å². The SMILES string of the molecule is CC1(C)Cc2ccccc2C(CC(=O)c2ccsc2)=N1. The number of hydrogen-bond donors (Lipinski definition) is 0. The van der Waals surface area contributed by atoms with E-state index >= 15 is 0 Å². The summed E-state index contributed by atoms with van der Waals surface area (Å²) in [5.74, 6) is 0.150. The molecule has 0 fully saturated rings. The molecule has 0 saturated carbocycles. The minimum absolute atomic E-state index is 0.126. The molecule has 0 saturated heterocycles. The van der Waals surface area contributed by atoms with Crippen LogP contribution in [0.15, 0.2) is 46.1 Å². The first kappa shape index (κ1) is 13.3. The molecule has 0 unspecified atom stereocenters. The van der Waals surface area contributed by atoms with Gasteiger partial charge in [-0.2, -0.15) is 11.3 Å². The van der Waals surface area contributed by atoms with Gasteiger partial charge >= 0.3 is 0 Å². The van der Waals surface area contributed by atoms with Crippen LogP contribution in [0, 0.1) is 0 Å². The Labute approximate surface area is 123 Å². The van der Waals surface area contributed by atoms with Gasteiger partial charge in [0.1, 0.15) is 0 Å². The van der Waals surface area contributed by atoms with Crippen molar-refractivity contribution in [3.63, 3.8) is 0 Å². The number of thiophene rings is 1. The molecular weight excluding hydrogens is 266 g/mol. The summed E-state index contributed by atoms with van der Waals surface area (Å²) in [6.45, 7) is 4.25. The molecule has 1 aromatic heterocycles. The maximum absolute atomic E-state index is 12.3. The highest BCUT2D eigenvalue weighted by molar-refractivity contribution is 7.08. The minimum atomic E-state index is -0.126. The summed E-state index contributed by atoms with van der Waals surface area (Å²) in [7, 11) is 0. The van der Waals surface area contributed by atoms with Gasteiger partial charge in [-0.1, -0.05) is 24.3 Å². The van der Waals surface area contributed by atoms with E-state index in [1.807, 2.05) is 22.9 Å². The average molecular weight is 283 g/mol. The van der Waals surface area contributed by atoms with Gasteiger partial charge in [0, 0.05) is 10.9 Å². The zero-order valence-electron chi connectivity index (χ0n) is 11.7. The largest absolute Gasteiger partial charge is 0.294 e. The van der Waals surface area contributed by atoms with E-state index in [4.69, 9.17) is 4.99 Å². The summed E-state index contributed by atoms with van der Waals surface area (Å²) in [5.41, 5.74) is 4.01. The standard InChI is InChI=1S/C17H17NOS/c1-17(2)10-12-5-3-4-6-14(12)15(18-17)9-16(19)13-7-8-20-11-13/h3-8,11H,9-10H2,1-2H3. The van der Waals surface area contributed by atoms with E-state index in [2.05, 4.69) is 32.0 Å². The fourth-order valence-corrected chi connectivity index (χ4v) is 3.36. The van der Waals surface area contributed by atoms with Gasteiger partial charge in [0.15, 0.2) is 5.78 Å². The summed E-state index contributed by atoms with van der Waals surface area (Å²) in [5, 5.41) is 3.84. The number of fused-ring (bicyclic) bond motifs is 1. The van der Waals surface area contributed by atoms with Crippen LogP contribution in [0.4, 0.5) is 0 Å². The molecule has 102 valence electrons. The number of aliphatic imine (C=N–C) groups is 1. The van der Waals surface area contributed by atoms with Crippen molar-refractivity contribution in [2.45, 2.75) is 32.2 Å². The number of Topliss-reactive ketones (excluding diaryl/α,β-unsaturated/α-hetero) is 1. The normalized spacial score (nSPS) is 16.4. The number of carbonyl (C=O) groups excluding carboxylic acids is 1. The lowest BCUT2D eigenvalue weighted by atomic mass is 9.85. The maximum atomic E-state index is 12.3. The molecule has 0 N–H and O–H groups in total. The van der Waals surface area contributed by atoms with Crippen LogP contribution < -0.4 is 0 Å². The highest BCUT2D eigenvalue weighted by atomic mass is 32.1. The van der Waals surface area contributed by atoms with Crippen molar-refractivity contribution in [3.05, 3.63) is 57.8 Å². The zero-order chi connectivity index (χ0) is 14.2. The lowest BCUT2D eigenvalue weighted by Crippen LogP contribution is -2.29. The van der Waals surface area contributed by atoms with Crippen LogP contribution in [-0.2, 0) is 6.42 Å². The van der Waals surface area contributed by atoms with Gasteiger partial charge in [0.25, 0.3) is 0 Å². The Bertz CT molecular complexity index is 668. The Hall–Kier alpha value is -1.74. The van der Waals surface area contributed by atoms with Gasteiger partial charge in [-0.3, -0.25) is 9.79 Å². The molecule has 3 heteroatoms. The van der Waals surface area contributed by atoms with Crippen LogP contribution >= 0.6 is 11.3 Å². The molecule has 0 atom stereocenters. The first-order valence-corrected chi connectivity index (χ1v) is 7.72. The molecule has 0 aliphatic carbocycles. The van der Waals surface area contributed by atoms with Gasteiger partial charge in [-0.25, -0.2) is 0 Å². The summed E-state index contributed by atoms with van der Waals surface area (Å²) in [6.07, 6.45) is 1.32. The van der Waals surface area contributed by atoms with Crippen molar-refractivity contribution in [1.82, 2.24) is 0 Å². The van der Waals surface area contributed by atoms with Crippen molar-refractivity contribution in [1.29, 1.82) is 0 Å². The van der Waals surface area contributed by atoms with Crippen molar-refractivity contribution in [3.8, 4) is 0 Å². The predicted octanol–water partition coefficient (Wildman–Crippen LogP) is 4.14. The first-order chi connectivity index (χ1) is 9.55. The van der Waals surface area contributed by atoms with E-state index in [1.165, 1.54) is 5.56 Å². The monoisotopic (exact) mass is 283 g/mol. The third kappa shape index (κ3) is 2.59. The molecule has 1 aliphatic heterocycles. The van der Waals surface area contributed by atoms with E-state index in [-0.39, 0.29) is 11.3 Å². The molecule has 0 amide bonds. The number of hydrogen-bond acceptors (Lipinski definition) is 3. The third-order valence-corrected chi connectivity index (χ3v) is 4.24. The summed E-state index contributed by atoms with van der Waals surface area (Å²) >= 11 is 1.55. The van der Waals surface area contributed by atoms with Gasteiger partial charge in [-0.15, -0.1) is 0 Å². The first-order valence-electron chi connectivity index (χ1n) is 6.77. The second kappa shape index (κ2) is 4.98. The molecule has 3 rings (SSSR count). The lowest BCUT2D eigenvalue weighted by Gasteiger charge is -2.28. The highest BCUT2D eigenvalue weighted by Crippen LogP contribution is 2.28. The predicted molar refractivity (Wildman–Crippen MR) is 84.0 cm³/mol. The molecule has 1 aromatic carbocycles. The van der Waals surface area contributed by atoms with Crippen molar-refractivity contribution < 1.29 is 4.79 Å². The number of nitrogens with zero attached hydrogens (tertiary/aromatic N) is 1. The third-order valence-electron chi connectivity index (χ3n) is 3.56. The molecular formula is C17H17NOS. The summed E-state index contributed by atoms with van der Waals surface area (Å²) < 4.78 is 0. The van der Waals surface area contributed by atoms with Crippen molar-refractivity contribution >= 4 is 22.8 Å². The molecule has 20 heavy (non-hydrogen) atoms. The second-order valence-corrected chi connectivity index (χ2v) is 6.60. The van der Waals surface area contributed by atoms with Crippen LogP contribution in [0.5, 0.6) is 0 Å². The molecule has 2 nitrogen and oxygen atoms in total. The molecule has 0 spiro atoms. The molecule has 2 heterocycles. The van der Waals surface area contributed by atoms with Crippen LogP contribution in [-0.4, -0.2) is 17.0 Å². The Balaban J connectivity index is 1.95. The van der Waals surface area contributed by atoms with E-state index in [9.17, 15) is 4.79 Å². The van der Waals surface area contributed by atoms with Gasteiger partial charge in [0.05, 0.1) is 17.7 Å².